The van der Waals surface area contributed by atoms with Crippen LogP contribution in [0.1, 0.15) is 46.3 Å². The van der Waals surface area contributed by atoms with E-state index in [-0.39, 0.29) is 22.3 Å². The van der Waals surface area contributed by atoms with Crippen LogP contribution in [0.2, 0.25) is 5.02 Å². The highest BCUT2D eigenvalue weighted by atomic mass is 35.5. The molecular weight excluding hydrogens is 461 g/mol. The van der Waals surface area contributed by atoms with Gasteiger partial charge in [0.25, 0.3) is 0 Å². The van der Waals surface area contributed by atoms with Crippen molar-refractivity contribution in [3.8, 4) is 22.4 Å². The minimum atomic E-state index is -1.22. The second-order valence-electron chi connectivity index (χ2n) is 8.39. The highest BCUT2D eigenvalue weighted by Gasteiger charge is 2.29. The molecule has 0 bridgehead atoms. The summed E-state index contributed by atoms with van der Waals surface area (Å²) in [5.41, 5.74) is 3.28. The van der Waals surface area contributed by atoms with Gasteiger partial charge < -0.3 is 25.2 Å². The molecular formula is C25H19ClFN3O4. The van der Waals surface area contributed by atoms with E-state index in [1.807, 2.05) is 13.8 Å². The van der Waals surface area contributed by atoms with Gasteiger partial charge in [0.1, 0.15) is 17.2 Å². The number of halogens is 2. The van der Waals surface area contributed by atoms with Crippen LogP contribution in [0.4, 0.5) is 4.39 Å². The molecule has 0 aliphatic rings. The number of aromatic amines is 3. The molecule has 0 saturated carbocycles. The van der Waals surface area contributed by atoms with Crippen LogP contribution in [0, 0.1) is 5.82 Å². The second kappa shape index (κ2) is 7.78. The summed E-state index contributed by atoms with van der Waals surface area (Å²) in [7, 11) is 0. The molecule has 34 heavy (non-hydrogen) atoms. The van der Waals surface area contributed by atoms with Gasteiger partial charge in [-0.3, -0.25) is 0 Å². The van der Waals surface area contributed by atoms with Crippen LogP contribution in [0.15, 0.2) is 42.6 Å². The van der Waals surface area contributed by atoms with Crippen molar-refractivity contribution in [2.45, 2.75) is 19.8 Å². The molecule has 0 radical (unpaired) electrons. The van der Waals surface area contributed by atoms with E-state index in [0.29, 0.717) is 44.4 Å². The lowest BCUT2D eigenvalue weighted by molar-refractivity contribution is 0.0681. The normalized spacial score (nSPS) is 11.7. The SMILES string of the molecule is CC(C)c1c(-c2cc(F)cc3[nH]ccc23)[nH]c(C(=O)O)c1-c1c(Cl)ccc2[nH]c(C(=O)O)cc12. The Bertz CT molecular complexity index is 1630. The number of carboxylic acid groups (broad SMARTS) is 2. The lowest BCUT2D eigenvalue weighted by atomic mass is 9.89. The van der Waals surface area contributed by atoms with E-state index in [2.05, 4.69) is 15.0 Å². The molecule has 172 valence electrons. The number of aromatic nitrogens is 3. The van der Waals surface area contributed by atoms with Crippen molar-refractivity contribution in [1.29, 1.82) is 0 Å². The Kier molecular flexibility index (Phi) is 4.98. The molecule has 3 aromatic heterocycles. The summed E-state index contributed by atoms with van der Waals surface area (Å²) in [6.45, 7) is 3.81. The highest BCUT2D eigenvalue weighted by Crippen LogP contribution is 2.46. The number of benzene rings is 2. The van der Waals surface area contributed by atoms with Crippen molar-refractivity contribution >= 4 is 45.3 Å². The quantitative estimate of drug-likeness (QED) is 0.194. The van der Waals surface area contributed by atoms with Gasteiger partial charge in [-0.15, -0.1) is 0 Å². The van der Waals surface area contributed by atoms with Crippen LogP contribution in [0.3, 0.4) is 0 Å². The molecule has 0 amide bonds. The summed E-state index contributed by atoms with van der Waals surface area (Å²) in [5, 5.41) is 21.1. The number of hydrogen-bond acceptors (Lipinski definition) is 2. The number of fused-ring (bicyclic) bond motifs is 2. The molecule has 0 spiro atoms. The zero-order valence-electron chi connectivity index (χ0n) is 18.1. The van der Waals surface area contributed by atoms with Crippen molar-refractivity contribution in [3.05, 3.63) is 70.4 Å². The van der Waals surface area contributed by atoms with Crippen LogP contribution in [0.25, 0.3) is 44.2 Å². The first-order chi connectivity index (χ1) is 16.2. The Balaban J connectivity index is 1.93. The average molecular weight is 480 g/mol. The van der Waals surface area contributed by atoms with Gasteiger partial charge in [-0.05, 0) is 47.9 Å². The fraction of sp³-hybridized carbons (Fsp3) is 0.120. The summed E-state index contributed by atoms with van der Waals surface area (Å²) >= 11 is 6.60. The van der Waals surface area contributed by atoms with Gasteiger partial charge in [0, 0.05) is 49.7 Å². The van der Waals surface area contributed by atoms with E-state index >= 15 is 0 Å². The third-order valence-corrected chi connectivity index (χ3v) is 6.28. The van der Waals surface area contributed by atoms with Gasteiger partial charge in [0.2, 0.25) is 0 Å². The molecule has 5 rings (SSSR count). The lowest BCUT2D eigenvalue weighted by Crippen LogP contribution is -2.00. The first-order valence-corrected chi connectivity index (χ1v) is 10.9. The van der Waals surface area contributed by atoms with Gasteiger partial charge in [-0.1, -0.05) is 25.4 Å². The first-order valence-electron chi connectivity index (χ1n) is 10.5. The van der Waals surface area contributed by atoms with Crippen molar-refractivity contribution in [3.63, 3.8) is 0 Å². The van der Waals surface area contributed by atoms with Crippen molar-refractivity contribution in [2.24, 2.45) is 0 Å². The third kappa shape index (κ3) is 3.26. The Morgan fingerprint density at radius 1 is 0.941 bits per heavy atom. The summed E-state index contributed by atoms with van der Waals surface area (Å²) in [6, 6.07) is 9.22. The summed E-state index contributed by atoms with van der Waals surface area (Å²) < 4.78 is 14.5. The topological polar surface area (TPSA) is 122 Å². The maximum absolute atomic E-state index is 14.5. The van der Waals surface area contributed by atoms with Crippen molar-refractivity contribution in [1.82, 2.24) is 15.0 Å². The van der Waals surface area contributed by atoms with Crippen LogP contribution < -0.4 is 0 Å². The zero-order chi connectivity index (χ0) is 24.3. The highest BCUT2D eigenvalue weighted by molar-refractivity contribution is 6.35. The van der Waals surface area contributed by atoms with E-state index in [0.717, 1.165) is 5.39 Å². The maximum atomic E-state index is 14.5. The molecule has 0 saturated heterocycles. The lowest BCUT2D eigenvalue weighted by Gasteiger charge is -2.14. The number of hydrogen-bond donors (Lipinski definition) is 5. The number of carboxylic acids is 2. The van der Waals surface area contributed by atoms with E-state index in [4.69, 9.17) is 11.6 Å². The Morgan fingerprint density at radius 3 is 2.38 bits per heavy atom. The monoisotopic (exact) mass is 479 g/mol. The van der Waals surface area contributed by atoms with E-state index in [1.165, 1.54) is 18.2 Å². The summed E-state index contributed by atoms with van der Waals surface area (Å²) in [6.07, 6.45) is 1.69. The smallest absolute Gasteiger partial charge is 0.352 e. The first kappa shape index (κ1) is 21.8. The fourth-order valence-electron chi connectivity index (χ4n) is 4.61. The van der Waals surface area contributed by atoms with Crippen LogP contribution in [-0.2, 0) is 0 Å². The summed E-state index contributed by atoms with van der Waals surface area (Å²) in [5.74, 6) is -3.02. The molecule has 5 N–H and O–H groups in total. The zero-order valence-corrected chi connectivity index (χ0v) is 18.8. The van der Waals surface area contributed by atoms with Crippen LogP contribution >= 0.6 is 11.6 Å². The van der Waals surface area contributed by atoms with Crippen molar-refractivity contribution < 1.29 is 24.2 Å². The molecule has 0 aliphatic carbocycles. The fourth-order valence-corrected chi connectivity index (χ4v) is 4.87. The van der Waals surface area contributed by atoms with Gasteiger partial charge in [-0.2, -0.15) is 0 Å². The number of rotatable bonds is 5. The Hall–Kier alpha value is -4.04. The number of carbonyl (C=O) groups is 2. The third-order valence-electron chi connectivity index (χ3n) is 5.97. The van der Waals surface area contributed by atoms with E-state index in [9.17, 15) is 24.2 Å². The standard InChI is InChI=1S/C25H19ClFN3O4/c1-10(2)19-21(20-14-9-18(24(31)32)29-16(14)4-3-15(20)26)23(25(33)34)30-22(19)13-7-11(27)8-17-12(13)5-6-28-17/h3-10,28-30H,1-2H3,(H,31,32)(H,33,34). The molecule has 0 atom stereocenters. The molecule has 0 fully saturated rings. The number of aromatic carboxylic acids is 2. The molecule has 0 aliphatic heterocycles. The Morgan fingerprint density at radius 2 is 1.71 bits per heavy atom. The molecule has 3 heterocycles. The van der Waals surface area contributed by atoms with E-state index in [1.54, 1.807) is 24.4 Å². The van der Waals surface area contributed by atoms with Crippen molar-refractivity contribution in [2.75, 3.05) is 0 Å². The molecule has 2 aromatic carbocycles. The minimum Gasteiger partial charge on any atom is -0.477 e. The molecule has 7 nitrogen and oxygen atoms in total. The van der Waals surface area contributed by atoms with Gasteiger partial charge in [-0.25, -0.2) is 14.0 Å². The average Bonchev–Trinajstić information content (AvgIpc) is 3.49. The number of H-pyrrole nitrogens is 3. The predicted molar refractivity (Wildman–Crippen MR) is 128 cm³/mol. The largest absolute Gasteiger partial charge is 0.477 e. The summed E-state index contributed by atoms with van der Waals surface area (Å²) in [4.78, 5) is 32.8. The minimum absolute atomic E-state index is 0.0450. The maximum Gasteiger partial charge on any atom is 0.352 e. The second-order valence-corrected chi connectivity index (χ2v) is 8.79. The van der Waals surface area contributed by atoms with Crippen LogP contribution in [-0.4, -0.2) is 37.1 Å². The van der Waals surface area contributed by atoms with Gasteiger partial charge >= 0.3 is 11.9 Å². The number of nitrogens with one attached hydrogen (secondary N) is 3. The molecule has 0 unspecified atom stereocenters. The van der Waals surface area contributed by atoms with Gasteiger partial charge in [0.05, 0.1) is 5.69 Å². The predicted octanol–water partition coefficient (Wildman–Crippen LogP) is 6.62. The molecule has 9 heteroatoms. The van der Waals surface area contributed by atoms with Gasteiger partial charge in [0.15, 0.2) is 0 Å². The molecule has 5 aromatic rings. The Labute approximate surface area is 197 Å². The van der Waals surface area contributed by atoms with E-state index < -0.39 is 17.8 Å². The van der Waals surface area contributed by atoms with Crippen LogP contribution in [0.5, 0.6) is 0 Å².